The van der Waals surface area contributed by atoms with Crippen LogP contribution >= 0.6 is 0 Å². The Balaban J connectivity index is 1.59. The van der Waals surface area contributed by atoms with E-state index < -0.39 is 5.82 Å². The fourth-order valence-electron chi connectivity index (χ4n) is 3.13. The van der Waals surface area contributed by atoms with Gasteiger partial charge in [-0.15, -0.1) is 0 Å². The monoisotopic (exact) mass is 312 g/mol. The summed E-state index contributed by atoms with van der Waals surface area (Å²) in [5.74, 6) is -0.237. The first-order valence-corrected chi connectivity index (χ1v) is 8.09. The van der Waals surface area contributed by atoms with Gasteiger partial charge >= 0.3 is 0 Å². The van der Waals surface area contributed by atoms with Crippen LogP contribution in [0, 0.1) is 18.7 Å². The zero-order valence-electron chi connectivity index (χ0n) is 13.3. The summed E-state index contributed by atoms with van der Waals surface area (Å²) in [6.07, 6.45) is 4.49. The van der Waals surface area contributed by atoms with Crippen LogP contribution in [0.25, 0.3) is 0 Å². The van der Waals surface area contributed by atoms with Crippen LogP contribution in [-0.2, 0) is 6.42 Å². The molecular formula is C19H21FN2O. The van der Waals surface area contributed by atoms with Crippen molar-refractivity contribution in [1.29, 1.82) is 0 Å². The van der Waals surface area contributed by atoms with Gasteiger partial charge < -0.3 is 4.90 Å². The van der Waals surface area contributed by atoms with Crippen molar-refractivity contribution in [2.45, 2.75) is 26.2 Å². The van der Waals surface area contributed by atoms with Crippen LogP contribution in [0.3, 0.4) is 0 Å². The van der Waals surface area contributed by atoms with Gasteiger partial charge in [0.1, 0.15) is 0 Å². The maximum absolute atomic E-state index is 13.9. The molecule has 120 valence electrons. The second-order valence-corrected chi connectivity index (χ2v) is 6.27. The Kier molecular flexibility index (Phi) is 4.70. The van der Waals surface area contributed by atoms with Gasteiger partial charge in [-0.3, -0.25) is 4.79 Å². The van der Waals surface area contributed by atoms with Crippen molar-refractivity contribution in [2.75, 3.05) is 13.1 Å². The standard InChI is InChI=1S/C19H21FN2O/c1-14-11-17(20)18(21-13-14)19(23)22-9-7-16(8-10-22)12-15-5-3-2-4-6-15/h2-6,11,13,16H,7-10,12H2,1H3. The maximum Gasteiger partial charge on any atom is 0.275 e. The zero-order chi connectivity index (χ0) is 16.2. The Morgan fingerprint density at radius 1 is 1.26 bits per heavy atom. The fraction of sp³-hybridized carbons (Fsp3) is 0.368. The molecule has 4 heteroatoms. The summed E-state index contributed by atoms with van der Waals surface area (Å²) >= 11 is 0. The molecular weight excluding hydrogens is 291 g/mol. The third kappa shape index (κ3) is 3.76. The Bertz CT molecular complexity index is 679. The van der Waals surface area contributed by atoms with Crippen LogP contribution in [-0.4, -0.2) is 28.9 Å². The topological polar surface area (TPSA) is 33.2 Å². The van der Waals surface area contributed by atoms with E-state index in [1.165, 1.54) is 11.6 Å². The number of rotatable bonds is 3. The third-order valence-corrected chi connectivity index (χ3v) is 4.45. The third-order valence-electron chi connectivity index (χ3n) is 4.45. The number of likely N-dealkylation sites (tertiary alicyclic amines) is 1. The molecule has 0 unspecified atom stereocenters. The lowest BCUT2D eigenvalue weighted by Gasteiger charge is -2.32. The van der Waals surface area contributed by atoms with Crippen LogP contribution in [0.4, 0.5) is 4.39 Å². The van der Waals surface area contributed by atoms with E-state index in [0.717, 1.165) is 24.8 Å². The minimum absolute atomic E-state index is 0.0582. The summed E-state index contributed by atoms with van der Waals surface area (Å²) in [5, 5.41) is 0. The van der Waals surface area contributed by atoms with Crippen molar-refractivity contribution in [3.8, 4) is 0 Å². The molecule has 3 rings (SSSR count). The molecule has 0 radical (unpaired) electrons. The van der Waals surface area contributed by atoms with Gasteiger partial charge in [0.15, 0.2) is 11.5 Å². The van der Waals surface area contributed by atoms with Gasteiger partial charge in [-0.1, -0.05) is 30.3 Å². The van der Waals surface area contributed by atoms with E-state index in [2.05, 4.69) is 29.2 Å². The number of carbonyl (C=O) groups excluding carboxylic acids is 1. The number of piperidine rings is 1. The van der Waals surface area contributed by atoms with Crippen molar-refractivity contribution in [2.24, 2.45) is 5.92 Å². The van der Waals surface area contributed by atoms with E-state index in [9.17, 15) is 9.18 Å². The molecule has 1 aliphatic rings. The number of benzene rings is 1. The largest absolute Gasteiger partial charge is 0.337 e. The molecule has 0 saturated carbocycles. The fourth-order valence-corrected chi connectivity index (χ4v) is 3.13. The molecule has 1 aliphatic heterocycles. The van der Waals surface area contributed by atoms with Crippen molar-refractivity contribution < 1.29 is 9.18 Å². The zero-order valence-corrected chi connectivity index (χ0v) is 13.3. The predicted molar refractivity (Wildman–Crippen MR) is 87.7 cm³/mol. The Hall–Kier alpha value is -2.23. The lowest BCUT2D eigenvalue weighted by atomic mass is 9.90. The molecule has 1 fully saturated rings. The molecule has 3 nitrogen and oxygen atoms in total. The summed E-state index contributed by atoms with van der Waals surface area (Å²) in [5.41, 5.74) is 2.00. The van der Waals surface area contributed by atoms with Crippen LogP contribution in [0.15, 0.2) is 42.6 Å². The van der Waals surface area contributed by atoms with Gasteiger partial charge in [-0.25, -0.2) is 9.37 Å². The Morgan fingerprint density at radius 2 is 1.96 bits per heavy atom. The van der Waals surface area contributed by atoms with Gasteiger partial charge in [0.25, 0.3) is 5.91 Å². The molecule has 0 spiro atoms. The average Bonchev–Trinajstić information content (AvgIpc) is 2.56. The number of nitrogens with zero attached hydrogens (tertiary/aromatic N) is 2. The predicted octanol–water partition coefficient (Wildman–Crippen LogP) is 3.62. The molecule has 1 aromatic heterocycles. The van der Waals surface area contributed by atoms with Crippen LogP contribution in [0.5, 0.6) is 0 Å². The van der Waals surface area contributed by atoms with Gasteiger partial charge in [0, 0.05) is 19.3 Å². The van der Waals surface area contributed by atoms with E-state index in [1.54, 1.807) is 18.0 Å². The first-order chi connectivity index (χ1) is 11.1. The van der Waals surface area contributed by atoms with Crippen LogP contribution in [0.2, 0.25) is 0 Å². The number of aryl methyl sites for hydroxylation is 1. The molecule has 0 N–H and O–H groups in total. The molecule has 0 atom stereocenters. The second-order valence-electron chi connectivity index (χ2n) is 6.27. The number of hydrogen-bond acceptors (Lipinski definition) is 2. The van der Waals surface area contributed by atoms with Crippen LogP contribution < -0.4 is 0 Å². The van der Waals surface area contributed by atoms with E-state index in [1.807, 2.05) is 6.07 Å². The first-order valence-electron chi connectivity index (χ1n) is 8.09. The molecule has 2 heterocycles. The Labute approximate surface area is 136 Å². The molecule has 2 aromatic rings. The number of aromatic nitrogens is 1. The highest BCUT2D eigenvalue weighted by molar-refractivity contribution is 5.92. The van der Waals surface area contributed by atoms with E-state index >= 15 is 0 Å². The Morgan fingerprint density at radius 3 is 2.61 bits per heavy atom. The van der Waals surface area contributed by atoms with Crippen molar-refractivity contribution in [3.05, 3.63) is 65.2 Å². The number of hydrogen-bond donors (Lipinski definition) is 0. The van der Waals surface area contributed by atoms with Gasteiger partial charge in [0.2, 0.25) is 0 Å². The minimum Gasteiger partial charge on any atom is -0.337 e. The summed E-state index contributed by atoms with van der Waals surface area (Å²) in [7, 11) is 0. The van der Waals surface area contributed by atoms with Gasteiger partial charge in [0.05, 0.1) is 0 Å². The van der Waals surface area contributed by atoms with Crippen molar-refractivity contribution in [3.63, 3.8) is 0 Å². The SMILES string of the molecule is Cc1cnc(C(=O)N2CCC(Cc3ccccc3)CC2)c(F)c1. The van der Waals surface area contributed by atoms with Crippen molar-refractivity contribution in [1.82, 2.24) is 9.88 Å². The van der Waals surface area contributed by atoms with E-state index in [4.69, 9.17) is 0 Å². The molecule has 1 saturated heterocycles. The summed E-state index contributed by atoms with van der Waals surface area (Å²) in [6.45, 7) is 3.11. The first kappa shape index (κ1) is 15.7. The van der Waals surface area contributed by atoms with Crippen molar-refractivity contribution >= 4 is 5.91 Å². The average molecular weight is 312 g/mol. The highest BCUT2D eigenvalue weighted by atomic mass is 19.1. The minimum atomic E-state index is -0.526. The van der Waals surface area contributed by atoms with Crippen LogP contribution in [0.1, 0.15) is 34.5 Å². The highest BCUT2D eigenvalue weighted by Crippen LogP contribution is 2.23. The molecule has 1 amide bonds. The quantitative estimate of drug-likeness (QED) is 0.867. The number of carbonyl (C=O) groups is 1. The molecule has 0 aliphatic carbocycles. The smallest absolute Gasteiger partial charge is 0.275 e. The lowest BCUT2D eigenvalue weighted by Crippen LogP contribution is -2.39. The summed E-state index contributed by atoms with van der Waals surface area (Å²) in [4.78, 5) is 18.1. The lowest BCUT2D eigenvalue weighted by molar-refractivity contribution is 0.0679. The van der Waals surface area contributed by atoms with E-state index in [0.29, 0.717) is 19.0 Å². The number of pyridine rings is 1. The number of halogens is 1. The highest BCUT2D eigenvalue weighted by Gasteiger charge is 2.26. The van der Waals surface area contributed by atoms with Gasteiger partial charge in [-0.05, 0) is 49.3 Å². The van der Waals surface area contributed by atoms with Gasteiger partial charge in [-0.2, -0.15) is 0 Å². The summed E-state index contributed by atoms with van der Waals surface area (Å²) < 4.78 is 13.9. The maximum atomic E-state index is 13.9. The molecule has 23 heavy (non-hydrogen) atoms. The normalized spacial score (nSPS) is 15.7. The summed E-state index contributed by atoms with van der Waals surface area (Å²) in [6, 6.07) is 11.8. The second kappa shape index (κ2) is 6.90. The number of amides is 1. The molecule has 1 aromatic carbocycles. The molecule has 0 bridgehead atoms. The van der Waals surface area contributed by atoms with E-state index in [-0.39, 0.29) is 11.6 Å².